The van der Waals surface area contributed by atoms with E-state index in [1.54, 1.807) is 13.8 Å². The molecule has 0 aliphatic carbocycles. The maximum Gasteiger partial charge on any atom is 0.309 e. The maximum atomic E-state index is 11.0. The van der Waals surface area contributed by atoms with E-state index in [1.165, 1.54) is 0 Å². The van der Waals surface area contributed by atoms with Crippen LogP contribution in [0.15, 0.2) is 24.3 Å². The highest BCUT2D eigenvalue weighted by Gasteiger charge is 2.27. The molecule has 0 atom stereocenters. The minimum atomic E-state index is -0.775. The molecule has 1 aromatic carbocycles. The van der Waals surface area contributed by atoms with Crippen molar-refractivity contribution in [3.05, 3.63) is 29.8 Å². The van der Waals surface area contributed by atoms with Crippen LogP contribution in [-0.2, 0) is 11.2 Å². The van der Waals surface area contributed by atoms with Crippen LogP contribution in [0.4, 0.5) is 0 Å². The van der Waals surface area contributed by atoms with Gasteiger partial charge in [0.2, 0.25) is 0 Å². The van der Waals surface area contributed by atoms with Crippen LogP contribution in [0.1, 0.15) is 33.3 Å². The first-order valence-corrected chi connectivity index (χ1v) is 6.26. The predicted molar refractivity (Wildman–Crippen MR) is 71.9 cm³/mol. The van der Waals surface area contributed by atoms with Crippen molar-refractivity contribution in [2.45, 2.75) is 34.1 Å². The number of carbonyl (C=O) groups is 1. The molecule has 0 spiro atoms. The first kappa shape index (κ1) is 14.6. The van der Waals surface area contributed by atoms with Crippen LogP contribution in [0.3, 0.4) is 0 Å². The van der Waals surface area contributed by atoms with E-state index in [1.807, 2.05) is 24.3 Å². The molecule has 18 heavy (non-hydrogen) atoms. The van der Waals surface area contributed by atoms with Crippen molar-refractivity contribution in [3.8, 4) is 5.75 Å². The van der Waals surface area contributed by atoms with Gasteiger partial charge in [0, 0.05) is 0 Å². The number of hydrogen-bond acceptors (Lipinski definition) is 2. The van der Waals surface area contributed by atoms with E-state index in [4.69, 9.17) is 9.84 Å². The van der Waals surface area contributed by atoms with Crippen LogP contribution in [0, 0.1) is 11.3 Å². The van der Waals surface area contributed by atoms with Gasteiger partial charge in [-0.25, -0.2) is 0 Å². The summed E-state index contributed by atoms with van der Waals surface area (Å²) in [7, 11) is 0. The molecule has 0 aromatic heterocycles. The van der Waals surface area contributed by atoms with Gasteiger partial charge in [-0.15, -0.1) is 0 Å². The summed E-state index contributed by atoms with van der Waals surface area (Å²) in [6.07, 6.45) is 0.521. The lowest BCUT2D eigenvalue weighted by molar-refractivity contribution is -0.146. The lowest BCUT2D eigenvalue weighted by Gasteiger charge is -2.19. The Morgan fingerprint density at radius 2 is 1.83 bits per heavy atom. The van der Waals surface area contributed by atoms with Gasteiger partial charge in [-0.2, -0.15) is 0 Å². The van der Waals surface area contributed by atoms with E-state index in [2.05, 4.69) is 13.8 Å². The molecular formula is C15H22O3. The van der Waals surface area contributed by atoms with Crippen LogP contribution in [0.5, 0.6) is 5.75 Å². The summed E-state index contributed by atoms with van der Waals surface area (Å²) in [5.41, 5.74) is 0.277. The number of benzene rings is 1. The molecule has 0 saturated carbocycles. The van der Waals surface area contributed by atoms with Crippen molar-refractivity contribution >= 4 is 5.97 Å². The standard InChI is InChI=1S/C15H22O3/c1-11(2)10-18-13-7-5-12(6-8-13)9-15(3,4)14(16)17/h5-8,11H,9-10H2,1-4H3,(H,16,17). The zero-order valence-corrected chi connectivity index (χ0v) is 11.6. The molecule has 0 amide bonds. The highest BCUT2D eigenvalue weighted by Crippen LogP contribution is 2.23. The predicted octanol–water partition coefficient (Wildman–Crippen LogP) is 3.37. The first-order chi connectivity index (χ1) is 8.31. The van der Waals surface area contributed by atoms with Gasteiger partial charge in [0.05, 0.1) is 12.0 Å². The summed E-state index contributed by atoms with van der Waals surface area (Å²) in [6.45, 7) is 8.37. The lowest BCUT2D eigenvalue weighted by atomic mass is 9.86. The van der Waals surface area contributed by atoms with Gasteiger partial charge in [0.1, 0.15) is 5.75 Å². The van der Waals surface area contributed by atoms with Crippen molar-refractivity contribution in [3.63, 3.8) is 0 Å². The maximum absolute atomic E-state index is 11.0. The molecule has 0 aliphatic heterocycles. The zero-order valence-electron chi connectivity index (χ0n) is 11.6. The normalized spacial score (nSPS) is 11.6. The average molecular weight is 250 g/mol. The number of rotatable bonds is 6. The highest BCUT2D eigenvalue weighted by atomic mass is 16.5. The van der Waals surface area contributed by atoms with E-state index in [0.29, 0.717) is 18.9 Å². The third kappa shape index (κ3) is 4.40. The molecule has 0 bridgehead atoms. The van der Waals surface area contributed by atoms with Gasteiger partial charge in [0.15, 0.2) is 0 Å². The van der Waals surface area contributed by atoms with Gasteiger partial charge >= 0.3 is 5.97 Å². The smallest absolute Gasteiger partial charge is 0.309 e. The topological polar surface area (TPSA) is 46.5 Å². The summed E-state index contributed by atoms with van der Waals surface area (Å²) < 4.78 is 5.58. The second kappa shape index (κ2) is 5.89. The minimum absolute atomic E-state index is 0.496. The van der Waals surface area contributed by atoms with Gasteiger partial charge in [-0.1, -0.05) is 26.0 Å². The SMILES string of the molecule is CC(C)COc1ccc(CC(C)(C)C(=O)O)cc1. The molecule has 0 aliphatic rings. The number of carboxylic acids is 1. The molecule has 1 aromatic rings. The Labute approximate surface area is 109 Å². The highest BCUT2D eigenvalue weighted by molar-refractivity contribution is 5.74. The van der Waals surface area contributed by atoms with Crippen molar-refractivity contribution in [2.24, 2.45) is 11.3 Å². The summed E-state index contributed by atoms with van der Waals surface area (Å²) in [4.78, 5) is 11.0. The molecule has 0 heterocycles. The van der Waals surface area contributed by atoms with Gasteiger partial charge in [-0.3, -0.25) is 4.79 Å². The quantitative estimate of drug-likeness (QED) is 0.842. The van der Waals surface area contributed by atoms with Crippen LogP contribution < -0.4 is 4.74 Å². The van der Waals surface area contributed by atoms with Crippen LogP contribution in [-0.4, -0.2) is 17.7 Å². The Morgan fingerprint density at radius 3 is 2.28 bits per heavy atom. The van der Waals surface area contributed by atoms with Gasteiger partial charge in [-0.05, 0) is 43.9 Å². The molecule has 0 radical (unpaired) electrons. The number of carboxylic acid groups (broad SMARTS) is 1. The fourth-order valence-corrected chi connectivity index (χ4v) is 1.55. The van der Waals surface area contributed by atoms with Crippen molar-refractivity contribution < 1.29 is 14.6 Å². The summed E-state index contributed by atoms with van der Waals surface area (Å²) in [5, 5.41) is 9.08. The first-order valence-electron chi connectivity index (χ1n) is 6.26. The molecule has 0 fully saturated rings. The third-order valence-corrected chi connectivity index (χ3v) is 2.73. The largest absolute Gasteiger partial charge is 0.493 e. The summed E-state index contributed by atoms with van der Waals surface area (Å²) in [6, 6.07) is 7.66. The summed E-state index contributed by atoms with van der Waals surface area (Å²) in [5.74, 6) is 0.554. The molecule has 0 unspecified atom stereocenters. The van der Waals surface area contributed by atoms with Crippen molar-refractivity contribution in [2.75, 3.05) is 6.61 Å². The van der Waals surface area contributed by atoms with Gasteiger partial charge < -0.3 is 9.84 Å². The summed E-state index contributed by atoms with van der Waals surface area (Å²) >= 11 is 0. The molecule has 3 heteroatoms. The third-order valence-electron chi connectivity index (χ3n) is 2.73. The molecular weight excluding hydrogens is 228 g/mol. The average Bonchev–Trinajstić information content (AvgIpc) is 2.27. The molecule has 1 rings (SSSR count). The fourth-order valence-electron chi connectivity index (χ4n) is 1.55. The van der Waals surface area contributed by atoms with E-state index in [-0.39, 0.29) is 0 Å². The van der Waals surface area contributed by atoms with Crippen LogP contribution >= 0.6 is 0 Å². The second-order valence-electron chi connectivity index (χ2n) is 5.71. The number of ether oxygens (including phenoxy) is 1. The number of aliphatic carboxylic acids is 1. The molecule has 3 nitrogen and oxygen atoms in total. The van der Waals surface area contributed by atoms with E-state index in [0.717, 1.165) is 11.3 Å². The molecule has 1 N–H and O–H groups in total. The van der Waals surface area contributed by atoms with Crippen LogP contribution in [0.25, 0.3) is 0 Å². The number of hydrogen-bond donors (Lipinski definition) is 1. The lowest BCUT2D eigenvalue weighted by Crippen LogP contribution is -2.26. The van der Waals surface area contributed by atoms with Gasteiger partial charge in [0.25, 0.3) is 0 Å². The fraction of sp³-hybridized carbons (Fsp3) is 0.533. The Kier molecular flexibility index (Phi) is 4.76. The minimum Gasteiger partial charge on any atom is -0.493 e. The Hall–Kier alpha value is -1.51. The second-order valence-corrected chi connectivity index (χ2v) is 5.71. The van der Waals surface area contributed by atoms with E-state index < -0.39 is 11.4 Å². The Balaban J connectivity index is 2.63. The van der Waals surface area contributed by atoms with E-state index in [9.17, 15) is 4.79 Å². The van der Waals surface area contributed by atoms with Crippen molar-refractivity contribution in [1.82, 2.24) is 0 Å². The Morgan fingerprint density at radius 1 is 1.28 bits per heavy atom. The monoisotopic (exact) mass is 250 g/mol. The molecule has 0 saturated heterocycles. The van der Waals surface area contributed by atoms with Crippen molar-refractivity contribution in [1.29, 1.82) is 0 Å². The molecule has 100 valence electrons. The van der Waals surface area contributed by atoms with E-state index >= 15 is 0 Å². The zero-order chi connectivity index (χ0) is 13.8. The Bertz CT molecular complexity index is 391. The van der Waals surface area contributed by atoms with Crippen LogP contribution in [0.2, 0.25) is 0 Å².